The van der Waals surface area contributed by atoms with E-state index in [1.807, 2.05) is 5.57 Å². The Morgan fingerprint density at radius 3 is 2.60 bits per heavy atom. The summed E-state index contributed by atoms with van der Waals surface area (Å²) < 4.78 is 1.66. The van der Waals surface area contributed by atoms with Gasteiger partial charge < -0.3 is 0 Å². The van der Waals surface area contributed by atoms with Crippen LogP contribution in [0.4, 0.5) is 0 Å². The van der Waals surface area contributed by atoms with Crippen molar-refractivity contribution in [2.24, 2.45) is 5.92 Å². The first-order valence-corrected chi connectivity index (χ1v) is 10.6. The normalized spacial score (nSPS) is 26.5. The fraction of sp³-hybridized carbons (Fsp3) is 0.692. The Kier molecular flexibility index (Phi) is 3.45. The Balaban J connectivity index is 2.18. The molecule has 0 aromatic heterocycles. The summed E-state index contributed by atoms with van der Waals surface area (Å²) in [5.74, 6) is 0.840. The van der Waals surface area contributed by atoms with Crippen molar-refractivity contribution in [3.8, 4) is 0 Å². The SMILES string of the molecule is C[Si](C)(C)CC1[C]([Ti])=CC2=C1CCCC2. The summed E-state index contributed by atoms with van der Waals surface area (Å²) in [7, 11) is -0.915. The second kappa shape index (κ2) is 4.35. The molecule has 1 atom stereocenters. The predicted molar refractivity (Wildman–Crippen MR) is 65.2 cm³/mol. The van der Waals surface area contributed by atoms with Crippen LogP contribution in [0.3, 0.4) is 0 Å². The summed E-state index contributed by atoms with van der Waals surface area (Å²) in [5, 5.41) is 0. The van der Waals surface area contributed by atoms with E-state index in [4.69, 9.17) is 0 Å². The molecule has 15 heavy (non-hydrogen) atoms. The molecule has 0 heterocycles. The van der Waals surface area contributed by atoms with Crippen molar-refractivity contribution in [1.82, 2.24) is 0 Å². The standard InChI is InChI=1S/C13H21Si.Ti/c1-14(2,3)10-12-9-8-11-6-4-5-7-13(11)12;/h8,12H,4-7,10H2,1-3H3;. The fourth-order valence-electron chi connectivity index (χ4n) is 2.84. The summed E-state index contributed by atoms with van der Waals surface area (Å²) in [6.45, 7) is 7.50. The molecule has 0 nitrogen and oxygen atoms in total. The van der Waals surface area contributed by atoms with Crippen molar-refractivity contribution < 1.29 is 20.4 Å². The van der Waals surface area contributed by atoms with Gasteiger partial charge in [0.15, 0.2) is 0 Å². The zero-order valence-corrected chi connectivity index (χ0v) is 12.8. The van der Waals surface area contributed by atoms with E-state index < -0.39 is 8.07 Å². The molecule has 0 radical (unpaired) electrons. The van der Waals surface area contributed by atoms with E-state index in [-0.39, 0.29) is 0 Å². The maximum absolute atomic E-state index is 2.50. The van der Waals surface area contributed by atoms with Gasteiger partial charge >= 0.3 is 107 Å². The molecule has 0 fully saturated rings. The first-order valence-electron chi connectivity index (χ1n) is 6.12. The van der Waals surface area contributed by atoms with Crippen LogP contribution in [0.5, 0.6) is 0 Å². The van der Waals surface area contributed by atoms with Crippen LogP contribution in [0.15, 0.2) is 21.1 Å². The van der Waals surface area contributed by atoms with Gasteiger partial charge in [-0.25, -0.2) is 0 Å². The predicted octanol–water partition coefficient (Wildman–Crippen LogP) is 4.26. The van der Waals surface area contributed by atoms with Crippen LogP contribution < -0.4 is 0 Å². The van der Waals surface area contributed by atoms with Gasteiger partial charge in [0.2, 0.25) is 0 Å². The molecule has 0 aromatic carbocycles. The second-order valence-corrected chi connectivity index (χ2v) is 12.6. The Bertz CT molecular complexity index is 320. The van der Waals surface area contributed by atoms with Gasteiger partial charge in [-0.2, -0.15) is 0 Å². The fourth-order valence-corrected chi connectivity index (χ4v) is 5.55. The third-order valence-corrected chi connectivity index (χ3v) is 5.90. The van der Waals surface area contributed by atoms with E-state index in [0.29, 0.717) is 0 Å². The van der Waals surface area contributed by atoms with E-state index in [2.05, 4.69) is 46.2 Å². The molecule has 0 spiro atoms. The van der Waals surface area contributed by atoms with Crippen LogP contribution in [0, 0.1) is 5.92 Å². The Hall–Kier alpha value is 0.411. The first-order chi connectivity index (χ1) is 6.97. The van der Waals surface area contributed by atoms with Crippen molar-refractivity contribution in [1.29, 1.82) is 0 Å². The Labute approximate surface area is 107 Å². The second-order valence-electron chi connectivity index (χ2n) is 6.17. The van der Waals surface area contributed by atoms with Crippen molar-refractivity contribution in [3.05, 3.63) is 21.1 Å². The summed E-state index contributed by atoms with van der Waals surface area (Å²) in [4.78, 5) is 0. The van der Waals surface area contributed by atoms with E-state index in [1.165, 1.54) is 31.7 Å². The van der Waals surface area contributed by atoms with Crippen LogP contribution in [0.25, 0.3) is 0 Å². The zero-order chi connectivity index (χ0) is 11.1. The molecule has 2 heteroatoms. The molecule has 0 saturated carbocycles. The van der Waals surface area contributed by atoms with Gasteiger partial charge in [0.25, 0.3) is 0 Å². The van der Waals surface area contributed by atoms with E-state index >= 15 is 0 Å². The number of allylic oxidation sites excluding steroid dienone is 4. The summed E-state index contributed by atoms with van der Waals surface area (Å²) >= 11 is 2.35. The molecule has 0 bridgehead atoms. The quantitative estimate of drug-likeness (QED) is 0.645. The average molecular weight is 253 g/mol. The van der Waals surface area contributed by atoms with Crippen molar-refractivity contribution in [2.45, 2.75) is 51.4 Å². The first kappa shape index (κ1) is 11.9. The van der Waals surface area contributed by atoms with Crippen LogP contribution in [0.2, 0.25) is 25.7 Å². The van der Waals surface area contributed by atoms with Crippen LogP contribution in [-0.2, 0) is 20.4 Å². The topological polar surface area (TPSA) is 0 Å². The molecule has 0 amide bonds. The van der Waals surface area contributed by atoms with Crippen molar-refractivity contribution in [3.63, 3.8) is 0 Å². The monoisotopic (exact) mass is 253 g/mol. The Morgan fingerprint density at radius 1 is 1.27 bits per heavy atom. The number of rotatable bonds is 2. The van der Waals surface area contributed by atoms with Gasteiger partial charge in [0.1, 0.15) is 0 Å². The van der Waals surface area contributed by atoms with Gasteiger partial charge in [-0.05, 0) is 0 Å². The molecule has 0 aliphatic heterocycles. The van der Waals surface area contributed by atoms with E-state index in [1.54, 1.807) is 9.45 Å². The third kappa shape index (κ3) is 2.75. The molecule has 0 aromatic rings. The van der Waals surface area contributed by atoms with Crippen molar-refractivity contribution in [2.75, 3.05) is 0 Å². The average Bonchev–Trinajstić information content (AvgIpc) is 2.41. The van der Waals surface area contributed by atoms with Crippen LogP contribution in [0.1, 0.15) is 25.7 Å². The molecule has 81 valence electrons. The number of hydrogen-bond donors (Lipinski definition) is 0. The van der Waals surface area contributed by atoms with E-state index in [0.717, 1.165) is 5.92 Å². The minimum absolute atomic E-state index is 0.840. The molecular formula is C13H21SiTi. The molecule has 2 aliphatic carbocycles. The minimum atomic E-state index is -0.915. The maximum atomic E-state index is 2.50. The van der Waals surface area contributed by atoms with Gasteiger partial charge in [0, 0.05) is 0 Å². The molecular weight excluding hydrogens is 232 g/mol. The van der Waals surface area contributed by atoms with Gasteiger partial charge in [-0.1, -0.05) is 0 Å². The molecule has 2 rings (SSSR count). The summed E-state index contributed by atoms with van der Waals surface area (Å²) in [6.07, 6.45) is 8.09. The van der Waals surface area contributed by atoms with E-state index in [9.17, 15) is 0 Å². The zero-order valence-electron chi connectivity index (χ0n) is 10.2. The number of hydrogen-bond acceptors (Lipinski definition) is 0. The molecule has 0 N–H and O–H groups in total. The molecule has 1 unspecified atom stereocenters. The molecule has 2 aliphatic rings. The Morgan fingerprint density at radius 2 is 1.93 bits per heavy atom. The summed E-state index contributed by atoms with van der Waals surface area (Å²) in [6, 6.07) is 1.47. The molecule has 0 saturated heterocycles. The van der Waals surface area contributed by atoms with Crippen molar-refractivity contribution >= 4 is 8.07 Å². The van der Waals surface area contributed by atoms with Crippen LogP contribution >= 0.6 is 0 Å². The van der Waals surface area contributed by atoms with Crippen LogP contribution in [-0.4, -0.2) is 8.07 Å². The van der Waals surface area contributed by atoms with Gasteiger partial charge in [-0.3, -0.25) is 0 Å². The third-order valence-electron chi connectivity index (χ3n) is 3.50. The summed E-state index contributed by atoms with van der Waals surface area (Å²) in [5.41, 5.74) is 3.53. The van der Waals surface area contributed by atoms with Gasteiger partial charge in [0.05, 0.1) is 0 Å². The van der Waals surface area contributed by atoms with Gasteiger partial charge in [-0.15, -0.1) is 0 Å².